The fourth-order valence-electron chi connectivity index (χ4n) is 4.58. The van der Waals surface area contributed by atoms with Crippen LogP contribution in [0.2, 0.25) is 0 Å². The van der Waals surface area contributed by atoms with Crippen molar-refractivity contribution in [2.45, 2.75) is 37.9 Å². The summed E-state index contributed by atoms with van der Waals surface area (Å²) in [6.07, 6.45) is 0.622. The zero-order chi connectivity index (χ0) is 22.8. The van der Waals surface area contributed by atoms with Gasteiger partial charge in [-0.15, -0.1) is 4.57 Å². The van der Waals surface area contributed by atoms with Crippen molar-refractivity contribution in [2.75, 3.05) is 12.4 Å². The molecule has 2 aliphatic rings. The maximum Gasteiger partial charge on any atom is 0.411 e. The van der Waals surface area contributed by atoms with Crippen molar-refractivity contribution in [1.29, 1.82) is 0 Å². The Hall–Kier alpha value is -2.44. The van der Waals surface area contributed by atoms with Gasteiger partial charge in [0.1, 0.15) is 11.4 Å². The molecule has 2 aromatic rings. The Bertz CT molecular complexity index is 1150. The molecule has 2 aliphatic heterocycles. The molecule has 4 heterocycles. The number of aliphatic hydroxyl groups excluding tert-OH is 1. The number of primary amides is 1. The molecule has 2 aromatic heterocycles. The number of carbonyl (C=O) groups excluding carboxylic acids is 2. The van der Waals surface area contributed by atoms with Crippen molar-refractivity contribution in [3.05, 3.63) is 22.6 Å². The zero-order valence-electron chi connectivity index (χ0n) is 17.0. The number of imidazole rings is 1. The summed E-state index contributed by atoms with van der Waals surface area (Å²) < 4.78 is 15.8. The van der Waals surface area contributed by atoms with E-state index in [0.29, 0.717) is 26.0 Å². The highest BCUT2D eigenvalue weighted by molar-refractivity contribution is 7.99. The number of thiazole rings is 1. The number of fused-ring (bicyclic) bond motifs is 2. The van der Waals surface area contributed by atoms with Gasteiger partial charge in [-0.05, 0) is 13.8 Å². The predicted molar refractivity (Wildman–Crippen MR) is 111 cm³/mol. The van der Waals surface area contributed by atoms with Gasteiger partial charge in [0, 0.05) is 17.2 Å². The predicted octanol–water partition coefficient (Wildman–Crippen LogP) is 1.24. The Morgan fingerprint density at radius 2 is 2.13 bits per heavy atom. The van der Waals surface area contributed by atoms with Crippen LogP contribution in [0.15, 0.2) is 17.1 Å². The number of alkyl halides is 1. The lowest BCUT2D eigenvalue weighted by atomic mass is 9.77. The van der Waals surface area contributed by atoms with Gasteiger partial charge in [0.05, 0.1) is 29.6 Å². The number of aromatic nitrogens is 2. The number of aryl methyl sites for hydroxylation is 1. The Morgan fingerprint density at radius 3 is 2.68 bits per heavy atom. The molecule has 0 aromatic carbocycles. The largest absolute Gasteiger partial charge is 0.477 e. The molecule has 0 spiro atoms. The first-order chi connectivity index (χ1) is 14.6. The summed E-state index contributed by atoms with van der Waals surface area (Å²) in [5, 5.41) is 20.4. The van der Waals surface area contributed by atoms with Crippen LogP contribution in [0, 0.1) is 18.8 Å². The van der Waals surface area contributed by atoms with Crippen LogP contribution in [0.1, 0.15) is 24.4 Å². The minimum absolute atomic E-state index is 0.0762. The second-order valence-corrected chi connectivity index (χ2v) is 9.76. The summed E-state index contributed by atoms with van der Waals surface area (Å²) in [5.74, 6) is -2.43. The van der Waals surface area contributed by atoms with Gasteiger partial charge in [-0.2, -0.15) is 4.40 Å². The zero-order valence-corrected chi connectivity index (χ0v) is 18.7. The van der Waals surface area contributed by atoms with Gasteiger partial charge in [0.15, 0.2) is 0 Å². The van der Waals surface area contributed by atoms with Crippen LogP contribution < -0.4 is 10.1 Å². The molecule has 4 atom stereocenters. The van der Waals surface area contributed by atoms with Crippen molar-refractivity contribution in [1.82, 2.24) is 9.47 Å². The molecule has 0 bridgehead atoms. The van der Waals surface area contributed by atoms with Crippen LogP contribution in [-0.2, 0) is 9.59 Å². The molecule has 12 heteroatoms. The van der Waals surface area contributed by atoms with E-state index in [2.05, 4.69) is 0 Å². The Balaban J connectivity index is 1.89. The van der Waals surface area contributed by atoms with Crippen LogP contribution in [0.3, 0.4) is 0 Å². The first-order valence-electron chi connectivity index (χ1n) is 9.65. The lowest BCUT2D eigenvalue weighted by molar-refractivity contribution is -0.515. The monoisotopic (exact) mass is 469 g/mol. The third-order valence-corrected chi connectivity index (χ3v) is 8.37. The first-order valence-corrected chi connectivity index (χ1v) is 11.5. The Labute approximate surface area is 184 Å². The number of aliphatic hydroxyl groups is 1. The smallest absolute Gasteiger partial charge is 0.411 e. The lowest BCUT2D eigenvalue weighted by Gasteiger charge is -2.46. The fourth-order valence-corrected chi connectivity index (χ4v) is 6.95. The van der Waals surface area contributed by atoms with Gasteiger partial charge < -0.3 is 20.8 Å². The third-order valence-electron chi connectivity index (χ3n) is 5.91. The number of carboxylic acids is 1. The molecule has 2 amide bonds. The van der Waals surface area contributed by atoms with E-state index in [9.17, 15) is 29.0 Å². The molecule has 9 nitrogen and oxygen atoms in total. The van der Waals surface area contributed by atoms with E-state index in [1.807, 2.05) is 6.92 Å². The number of aliphatic carboxylic acids is 1. The van der Waals surface area contributed by atoms with Gasteiger partial charge in [-0.25, -0.2) is 9.59 Å². The molecule has 0 saturated carbocycles. The average Bonchev–Trinajstić information content (AvgIpc) is 3.28. The van der Waals surface area contributed by atoms with E-state index in [4.69, 9.17) is 5.73 Å². The van der Waals surface area contributed by atoms with Crippen molar-refractivity contribution in [3.63, 3.8) is 0 Å². The number of hydrogen-bond acceptors (Lipinski definition) is 6. The number of rotatable bonds is 6. The summed E-state index contributed by atoms with van der Waals surface area (Å²) in [5.41, 5.74) is 6.59. The summed E-state index contributed by atoms with van der Waals surface area (Å²) in [7, 11) is 0. The van der Waals surface area contributed by atoms with Crippen LogP contribution >= 0.6 is 23.1 Å². The number of carbonyl (C=O) groups is 3. The number of nitrogens with two attached hydrogens (primary N) is 1. The van der Waals surface area contributed by atoms with E-state index < -0.39 is 42.6 Å². The molecule has 31 heavy (non-hydrogen) atoms. The Morgan fingerprint density at radius 1 is 1.45 bits per heavy atom. The number of amides is 2. The minimum Gasteiger partial charge on any atom is -0.477 e. The molecule has 0 radical (unpaired) electrons. The molecule has 1 fully saturated rings. The number of hydrogen-bond donors (Lipinski definition) is 3. The molecule has 4 N–H and O–H groups in total. The van der Waals surface area contributed by atoms with E-state index >= 15 is 0 Å². The van der Waals surface area contributed by atoms with Crippen molar-refractivity contribution in [3.8, 4) is 0 Å². The third kappa shape index (κ3) is 2.99. The molecule has 0 unspecified atom stereocenters. The molecular weight excluding hydrogens is 447 g/mol. The number of carboxylic acid groups (broad SMARTS) is 1. The normalized spacial score (nSPS) is 24.0. The number of nitrogens with zero attached hydrogens (tertiary/aromatic N) is 3. The van der Waals surface area contributed by atoms with Gasteiger partial charge in [0.2, 0.25) is 15.8 Å². The van der Waals surface area contributed by atoms with Gasteiger partial charge in [0.25, 0.3) is 6.33 Å². The highest BCUT2D eigenvalue weighted by Gasteiger charge is 2.60. The lowest BCUT2D eigenvalue weighted by Crippen LogP contribution is -2.63. The SMILES string of the molecule is Cc1c(C2=C(C(=O)O)N3C(=O)[C@H]([C@@H](C)O)[C@H]3[C@H]2C)sc2c(SCCF)n(C(N)=O)c[n+]12. The molecule has 166 valence electrons. The topological polar surface area (TPSA) is 130 Å². The van der Waals surface area contributed by atoms with E-state index in [0.717, 1.165) is 11.8 Å². The second kappa shape index (κ2) is 7.61. The summed E-state index contributed by atoms with van der Waals surface area (Å²) in [6, 6.07) is -1.13. The summed E-state index contributed by atoms with van der Waals surface area (Å²) >= 11 is 2.42. The maximum absolute atomic E-state index is 12.8. The number of thioether (sulfide) groups is 1. The van der Waals surface area contributed by atoms with E-state index in [-0.39, 0.29) is 17.4 Å². The standard InChI is InChI=1S/C19H21FN4O5S2/c1-7-10(13(18(27)28)24-12(7)11(9(3)25)15(24)26)14-8(2)22-6-23(19(21)29)16(17(22)31-14)30-5-4-20/h6-7,9,11-12,25H,4-5H2,1-3H3,(H2-,21,27,28,29)/p+1/t7-,9+,11+,12+/m0/s1. The quantitative estimate of drug-likeness (QED) is 0.332. The van der Waals surface area contributed by atoms with Crippen molar-refractivity contribution in [2.24, 2.45) is 17.6 Å². The molecule has 0 aliphatic carbocycles. The Kier molecular flexibility index (Phi) is 5.34. The van der Waals surface area contributed by atoms with E-state index in [1.54, 1.807) is 11.3 Å². The summed E-state index contributed by atoms with van der Waals surface area (Å²) in [4.78, 5) is 39.2. The molecular formula is C19H22FN4O5S2+. The van der Waals surface area contributed by atoms with Crippen molar-refractivity contribution < 1.29 is 33.4 Å². The highest BCUT2D eigenvalue weighted by Crippen LogP contribution is 2.52. The van der Waals surface area contributed by atoms with Gasteiger partial charge in [-0.3, -0.25) is 9.18 Å². The van der Waals surface area contributed by atoms with Crippen LogP contribution in [0.5, 0.6) is 0 Å². The second-order valence-electron chi connectivity index (χ2n) is 7.68. The molecule has 4 rings (SSSR count). The maximum atomic E-state index is 12.8. The average molecular weight is 470 g/mol. The minimum atomic E-state index is -1.21. The summed E-state index contributed by atoms with van der Waals surface area (Å²) in [6.45, 7) is 4.59. The molecule has 1 saturated heterocycles. The van der Waals surface area contributed by atoms with Gasteiger partial charge in [-0.1, -0.05) is 30.0 Å². The van der Waals surface area contributed by atoms with E-state index in [1.165, 1.54) is 34.1 Å². The first kappa shape index (κ1) is 21.8. The fraction of sp³-hybridized carbons (Fsp3) is 0.474. The number of β-lactam (4-membered cyclic amide) rings is 1. The van der Waals surface area contributed by atoms with Crippen LogP contribution in [0.25, 0.3) is 10.4 Å². The van der Waals surface area contributed by atoms with Gasteiger partial charge >= 0.3 is 12.0 Å². The number of halogens is 1. The van der Waals surface area contributed by atoms with Crippen molar-refractivity contribution >= 4 is 51.4 Å². The van der Waals surface area contributed by atoms with Crippen LogP contribution in [-0.4, -0.2) is 62.2 Å². The highest BCUT2D eigenvalue weighted by atomic mass is 32.2. The van der Waals surface area contributed by atoms with Crippen LogP contribution in [0.4, 0.5) is 9.18 Å².